The van der Waals surface area contributed by atoms with Crippen LogP contribution < -0.4 is 0 Å². The van der Waals surface area contributed by atoms with Crippen molar-refractivity contribution in [3.63, 3.8) is 0 Å². The van der Waals surface area contributed by atoms with Crippen LogP contribution in [0.25, 0.3) is 11.5 Å². The van der Waals surface area contributed by atoms with Crippen LogP contribution in [0.4, 0.5) is 4.39 Å². The minimum Gasteiger partial charge on any atom is -0.389 e. The number of amides is 1. The van der Waals surface area contributed by atoms with E-state index in [4.69, 9.17) is 11.6 Å². The number of carbonyl (C=O) groups excluding carboxylic acids is 1. The predicted molar refractivity (Wildman–Crippen MR) is 116 cm³/mol. The summed E-state index contributed by atoms with van der Waals surface area (Å²) in [7, 11) is -3.58. The van der Waals surface area contributed by atoms with Crippen molar-refractivity contribution in [2.75, 3.05) is 31.9 Å². The van der Waals surface area contributed by atoms with Crippen LogP contribution in [-0.2, 0) is 14.8 Å². The maximum absolute atomic E-state index is 13.1. The van der Waals surface area contributed by atoms with E-state index < -0.39 is 21.9 Å². The molecule has 12 heteroatoms. The maximum atomic E-state index is 13.1. The first-order chi connectivity index (χ1) is 15.1. The number of H-pyrrole nitrogens is 1. The van der Waals surface area contributed by atoms with E-state index in [1.54, 1.807) is 0 Å². The molecule has 2 aliphatic rings. The molecule has 32 heavy (non-hydrogen) atoms. The molecule has 0 aliphatic carbocycles. The average molecular weight is 486 g/mol. The molecule has 0 aromatic carbocycles. The first-order valence-electron chi connectivity index (χ1n) is 10.4. The third-order valence-corrected chi connectivity index (χ3v) is 8.20. The summed E-state index contributed by atoms with van der Waals surface area (Å²) in [5, 5.41) is 9.58. The molecule has 2 aromatic rings. The van der Waals surface area contributed by atoms with Crippen molar-refractivity contribution in [2.45, 2.75) is 31.8 Å². The van der Waals surface area contributed by atoms with Gasteiger partial charge in [0.25, 0.3) is 0 Å². The van der Waals surface area contributed by atoms with Crippen molar-refractivity contribution in [3.05, 3.63) is 35.0 Å². The molecule has 2 aliphatic heterocycles. The van der Waals surface area contributed by atoms with Gasteiger partial charge in [-0.05, 0) is 24.5 Å². The quantitative estimate of drug-likeness (QED) is 0.641. The van der Waals surface area contributed by atoms with Crippen molar-refractivity contribution in [3.8, 4) is 11.5 Å². The van der Waals surface area contributed by atoms with Crippen molar-refractivity contribution in [1.29, 1.82) is 0 Å². The average Bonchev–Trinajstić information content (AvgIpc) is 3.11. The largest absolute Gasteiger partial charge is 0.389 e. The molecular weight excluding hydrogens is 461 g/mol. The van der Waals surface area contributed by atoms with Gasteiger partial charge in [-0.2, -0.15) is 0 Å². The number of imidazole rings is 1. The molecule has 4 heterocycles. The van der Waals surface area contributed by atoms with Gasteiger partial charge in [-0.15, -0.1) is 0 Å². The summed E-state index contributed by atoms with van der Waals surface area (Å²) in [5.41, 5.74) is 1.18. The number of β-amino-alcohol motifs (C(OH)–C–C–N with tert-alkyl or cyclic N) is 1. The fourth-order valence-corrected chi connectivity index (χ4v) is 6.01. The van der Waals surface area contributed by atoms with Crippen LogP contribution in [0.15, 0.2) is 18.3 Å². The summed E-state index contributed by atoms with van der Waals surface area (Å²) < 4.78 is 40.1. The summed E-state index contributed by atoms with van der Waals surface area (Å²) in [6.07, 6.45) is 1.05. The second-order valence-electron chi connectivity index (χ2n) is 8.40. The number of piperidine rings is 1. The number of rotatable bonds is 6. The molecule has 2 aromatic heterocycles. The van der Waals surface area contributed by atoms with Crippen LogP contribution >= 0.6 is 11.6 Å². The number of aromatic amines is 1. The molecule has 1 amide bonds. The van der Waals surface area contributed by atoms with Crippen LogP contribution in [0.3, 0.4) is 0 Å². The van der Waals surface area contributed by atoms with Gasteiger partial charge in [0.15, 0.2) is 11.0 Å². The lowest BCUT2D eigenvalue weighted by atomic mass is 9.86. The summed E-state index contributed by atoms with van der Waals surface area (Å²) in [5.74, 6) is -0.583. The third-order valence-electron chi connectivity index (χ3n) is 6.08. The van der Waals surface area contributed by atoms with Crippen LogP contribution in [0.1, 0.15) is 31.4 Å². The summed E-state index contributed by atoms with van der Waals surface area (Å²) in [4.78, 5) is 25.0. The van der Waals surface area contributed by atoms with Gasteiger partial charge in [-0.3, -0.25) is 4.79 Å². The Labute approximate surface area is 190 Å². The monoisotopic (exact) mass is 485 g/mol. The number of likely N-dealkylation sites (tertiary alicyclic amines) is 1. The van der Waals surface area contributed by atoms with Crippen LogP contribution in [0.5, 0.6) is 0 Å². The summed E-state index contributed by atoms with van der Waals surface area (Å²) in [6.45, 7) is 3.10. The number of halogens is 2. The van der Waals surface area contributed by atoms with Gasteiger partial charge in [0.2, 0.25) is 15.9 Å². The lowest BCUT2D eigenvalue weighted by Gasteiger charge is -2.37. The highest BCUT2D eigenvalue weighted by atomic mass is 35.5. The van der Waals surface area contributed by atoms with Gasteiger partial charge >= 0.3 is 0 Å². The Morgan fingerprint density at radius 2 is 2.09 bits per heavy atom. The van der Waals surface area contributed by atoms with E-state index >= 15 is 0 Å². The minimum absolute atomic E-state index is 0.0279. The summed E-state index contributed by atoms with van der Waals surface area (Å²) >= 11 is 6.36. The van der Waals surface area contributed by atoms with Gasteiger partial charge in [-0.25, -0.2) is 27.1 Å². The predicted octanol–water partition coefficient (Wildman–Crippen LogP) is 1.61. The first-order valence-corrected chi connectivity index (χ1v) is 12.4. The van der Waals surface area contributed by atoms with Crippen molar-refractivity contribution in [2.24, 2.45) is 5.92 Å². The Morgan fingerprint density at radius 1 is 1.34 bits per heavy atom. The van der Waals surface area contributed by atoms with Crippen LogP contribution in [0.2, 0.25) is 5.15 Å². The Bertz CT molecular complexity index is 1090. The van der Waals surface area contributed by atoms with E-state index in [2.05, 4.69) is 15.0 Å². The second kappa shape index (κ2) is 9.05. The van der Waals surface area contributed by atoms with E-state index in [0.717, 1.165) is 6.20 Å². The molecule has 2 saturated heterocycles. The number of pyridine rings is 1. The lowest BCUT2D eigenvalue weighted by molar-refractivity contribution is -0.140. The van der Waals surface area contributed by atoms with E-state index in [1.165, 1.54) is 21.3 Å². The topological polar surface area (TPSA) is 119 Å². The molecule has 2 atom stereocenters. The zero-order chi connectivity index (χ0) is 23.0. The van der Waals surface area contributed by atoms with E-state index in [0.29, 0.717) is 41.9 Å². The van der Waals surface area contributed by atoms with E-state index in [1.807, 2.05) is 6.92 Å². The Balaban J connectivity index is 1.39. The van der Waals surface area contributed by atoms with Crippen LogP contribution in [0, 0.1) is 11.7 Å². The number of nitrogens with zero attached hydrogens (tertiary/aromatic N) is 4. The zero-order valence-corrected chi connectivity index (χ0v) is 19.1. The molecule has 0 saturated carbocycles. The molecule has 174 valence electrons. The van der Waals surface area contributed by atoms with Crippen molar-refractivity contribution in [1.82, 2.24) is 24.2 Å². The van der Waals surface area contributed by atoms with Gasteiger partial charge in [0.05, 0.1) is 23.7 Å². The third kappa shape index (κ3) is 4.80. The molecule has 0 spiro atoms. The molecule has 0 radical (unpaired) electrons. The van der Waals surface area contributed by atoms with Crippen LogP contribution in [-0.4, -0.2) is 81.6 Å². The Hall–Kier alpha value is -2.08. The molecule has 2 fully saturated rings. The van der Waals surface area contributed by atoms with E-state index in [9.17, 15) is 22.7 Å². The lowest BCUT2D eigenvalue weighted by Crippen LogP contribution is -2.54. The molecule has 2 N–H and O–H groups in total. The van der Waals surface area contributed by atoms with Gasteiger partial charge in [0.1, 0.15) is 11.5 Å². The highest BCUT2D eigenvalue weighted by molar-refractivity contribution is 7.89. The fourth-order valence-electron chi connectivity index (χ4n) is 4.20. The minimum atomic E-state index is -3.58. The molecule has 0 bridgehead atoms. The number of carbonyl (C=O) groups is 1. The Morgan fingerprint density at radius 3 is 2.72 bits per heavy atom. The van der Waals surface area contributed by atoms with E-state index in [-0.39, 0.29) is 43.0 Å². The standard InChI is InChI=1S/C20H25ClFN5O4S/c1-12-9-27(32(30,31)7-5-17(29)26-10-14(28)11-26)6-4-15(12)18-19(21)25-20(24-18)16-3-2-13(22)8-23-16/h2-3,8,12,14-15,28H,4-7,9-11H2,1H3,(H,24,25)/t12-,15+/m0/s1. The number of nitrogens with one attached hydrogen (secondary N) is 1. The normalized spacial score (nSPS) is 22.7. The highest BCUT2D eigenvalue weighted by Gasteiger charge is 2.36. The fraction of sp³-hybridized carbons (Fsp3) is 0.550. The molecule has 0 unspecified atom stereocenters. The van der Waals surface area contributed by atoms with Crippen molar-refractivity contribution < 1.29 is 22.7 Å². The number of hydrogen-bond acceptors (Lipinski definition) is 6. The number of aromatic nitrogens is 3. The number of sulfonamides is 1. The Kier molecular flexibility index (Phi) is 6.53. The highest BCUT2D eigenvalue weighted by Crippen LogP contribution is 2.37. The number of hydrogen-bond donors (Lipinski definition) is 2. The SMILES string of the molecule is C[C@H]1CN(S(=O)(=O)CCC(=O)N2CC(O)C2)CC[C@H]1c1[nH]c(-c2ccc(F)cn2)nc1Cl. The second-order valence-corrected chi connectivity index (χ2v) is 10.8. The van der Waals surface area contributed by atoms with Gasteiger partial charge < -0.3 is 15.0 Å². The van der Waals surface area contributed by atoms with Gasteiger partial charge in [-0.1, -0.05) is 18.5 Å². The maximum Gasteiger partial charge on any atom is 0.223 e. The number of aliphatic hydroxyl groups is 1. The van der Waals surface area contributed by atoms with Crippen molar-refractivity contribution >= 4 is 27.5 Å². The zero-order valence-electron chi connectivity index (χ0n) is 17.5. The first kappa shape index (κ1) is 23.1. The number of aliphatic hydroxyl groups excluding tert-OH is 1. The summed E-state index contributed by atoms with van der Waals surface area (Å²) in [6, 6.07) is 2.80. The molecule has 4 rings (SSSR count). The van der Waals surface area contributed by atoms with Gasteiger partial charge in [0, 0.05) is 38.5 Å². The molecule has 9 nitrogen and oxygen atoms in total. The molecular formula is C20H25ClFN5O4S. The smallest absolute Gasteiger partial charge is 0.223 e.